The summed E-state index contributed by atoms with van der Waals surface area (Å²) in [7, 11) is 0. The molecule has 0 amide bonds. The normalized spacial score (nSPS) is 19.8. The zero-order valence-electron chi connectivity index (χ0n) is 10.6. The van der Waals surface area contributed by atoms with Crippen LogP contribution in [0, 0.1) is 0 Å². The standard InChI is InChI=1S/C14H20O4/c1-2-13-10-14(3-1)12-18-9-7-16-5-4-15-6-8-17-11-13/h1-3,10H,4-9,11-12H2. The van der Waals surface area contributed by atoms with Crippen molar-refractivity contribution in [2.75, 3.05) is 39.6 Å². The lowest BCUT2D eigenvalue weighted by molar-refractivity contribution is -0.00523. The largest absolute Gasteiger partial charge is 0.377 e. The second-order valence-electron chi connectivity index (χ2n) is 4.15. The summed E-state index contributed by atoms with van der Waals surface area (Å²) in [6.45, 7) is 4.90. The number of ether oxygens (including phenoxy) is 4. The van der Waals surface area contributed by atoms with Gasteiger partial charge in [-0.3, -0.25) is 0 Å². The van der Waals surface area contributed by atoms with Crippen molar-refractivity contribution in [3.8, 4) is 0 Å². The van der Waals surface area contributed by atoms with Gasteiger partial charge in [-0.25, -0.2) is 0 Å². The SMILES string of the molecule is c1cc2cc(c1)COCCOCCOCCOC2. The predicted molar refractivity (Wildman–Crippen MR) is 67.4 cm³/mol. The second kappa shape index (κ2) is 8.21. The monoisotopic (exact) mass is 252 g/mol. The van der Waals surface area contributed by atoms with E-state index < -0.39 is 0 Å². The molecule has 1 aliphatic heterocycles. The Bertz CT molecular complexity index is 311. The van der Waals surface area contributed by atoms with Gasteiger partial charge in [0.25, 0.3) is 0 Å². The van der Waals surface area contributed by atoms with Crippen LogP contribution < -0.4 is 0 Å². The topological polar surface area (TPSA) is 36.9 Å². The van der Waals surface area contributed by atoms with E-state index >= 15 is 0 Å². The molecular weight excluding hydrogens is 232 g/mol. The van der Waals surface area contributed by atoms with Crippen LogP contribution in [0.1, 0.15) is 11.1 Å². The van der Waals surface area contributed by atoms with E-state index in [-0.39, 0.29) is 0 Å². The summed E-state index contributed by atoms with van der Waals surface area (Å²) in [6.07, 6.45) is 0. The lowest BCUT2D eigenvalue weighted by atomic mass is 10.1. The molecule has 0 atom stereocenters. The minimum absolute atomic E-state index is 0.608. The molecule has 100 valence electrons. The Hall–Kier alpha value is -0.940. The average Bonchev–Trinajstić information content (AvgIpc) is 2.40. The molecule has 1 aromatic carbocycles. The summed E-state index contributed by atoms with van der Waals surface area (Å²) < 4.78 is 21.8. The summed E-state index contributed by atoms with van der Waals surface area (Å²) in [5.74, 6) is 0. The van der Waals surface area contributed by atoms with Gasteiger partial charge >= 0.3 is 0 Å². The van der Waals surface area contributed by atoms with Gasteiger partial charge in [0, 0.05) is 0 Å². The number of benzene rings is 1. The first-order valence-electron chi connectivity index (χ1n) is 6.34. The number of hydrogen-bond acceptors (Lipinski definition) is 4. The van der Waals surface area contributed by atoms with Crippen molar-refractivity contribution in [1.82, 2.24) is 0 Å². The highest BCUT2D eigenvalue weighted by Gasteiger charge is 1.99. The van der Waals surface area contributed by atoms with Crippen molar-refractivity contribution in [1.29, 1.82) is 0 Å². The van der Waals surface area contributed by atoms with Crippen LogP contribution in [-0.2, 0) is 32.2 Å². The molecule has 0 fully saturated rings. The van der Waals surface area contributed by atoms with Gasteiger partial charge in [0.05, 0.1) is 52.9 Å². The Morgan fingerprint density at radius 2 is 1.06 bits per heavy atom. The van der Waals surface area contributed by atoms with Crippen LogP contribution in [0.25, 0.3) is 0 Å². The molecule has 0 saturated heterocycles. The molecule has 1 heterocycles. The molecule has 0 N–H and O–H groups in total. The van der Waals surface area contributed by atoms with E-state index in [0.29, 0.717) is 52.9 Å². The molecule has 4 heteroatoms. The molecule has 1 aromatic rings. The third-order valence-electron chi connectivity index (χ3n) is 2.64. The predicted octanol–water partition coefficient (Wildman–Crippen LogP) is 1.77. The van der Waals surface area contributed by atoms with Crippen LogP contribution in [0.2, 0.25) is 0 Å². The molecule has 0 aliphatic carbocycles. The maximum absolute atomic E-state index is 5.54. The van der Waals surface area contributed by atoms with E-state index in [2.05, 4.69) is 18.2 Å². The van der Waals surface area contributed by atoms with E-state index in [1.54, 1.807) is 0 Å². The van der Waals surface area contributed by atoms with Crippen molar-refractivity contribution in [2.45, 2.75) is 13.2 Å². The minimum atomic E-state index is 0.608. The van der Waals surface area contributed by atoms with Crippen LogP contribution in [-0.4, -0.2) is 39.6 Å². The molecule has 0 unspecified atom stereocenters. The average molecular weight is 252 g/mol. The van der Waals surface area contributed by atoms with Crippen LogP contribution in [0.4, 0.5) is 0 Å². The highest BCUT2D eigenvalue weighted by molar-refractivity contribution is 5.22. The van der Waals surface area contributed by atoms with E-state index in [0.717, 1.165) is 0 Å². The van der Waals surface area contributed by atoms with E-state index in [1.807, 2.05) is 6.07 Å². The van der Waals surface area contributed by atoms with Crippen molar-refractivity contribution >= 4 is 0 Å². The Kier molecular flexibility index (Phi) is 6.16. The van der Waals surface area contributed by atoms with Gasteiger partial charge < -0.3 is 18.9 Å². The molecule has 2 rings (SSSR count). The lowest BCUT2D eigenvalue weighted by Crippen LogP contribution is -2.11. The Morgan fingerprint density at radius 3 is 1.56 bits per heavy atom. The molecule has 1 aliphatic rings. The molecule has 0 saturated carbocycles. The Balaban J connectivity index is 1.87. The van der Waals surface area contributed by atoms with E-state index in [1.165, 1.54) is 11.1 Å². The summed E-state index contributed by atoms with van der Waals surface area (Å²) in [5.41, 5.74) is 2.34. The molecule has 0 spiro atoms. The molecular formula is C14H20O4. The van der Waals surface area contributed by atoms with Gasteiger partial charge in [-0.2, -0.15) is 0 Å². The summed E-state index contributed by atoms with van der Waals surface area (Å²) >= 11 is 0. The first-order valence-corrected chi connectivity index (χ1v) is 6.34. The lowest BCUT2D eigenvalue weighted by Gasteiger charge is -2.06. The third kappa shape index (κ3) is 5.14. The van der Waals surface area contributed by atoms with Gasteiger partial charge in [-0.1, -0.05) is 24.3 Å². The number of hydrogen-bond donors (Lipinski definition) is 0. The fourth-order valence-corrected chi connectivity index (χ4v) is 1.75. The van der Waals surface area contributed by atoms with Gasteiger partial charge in [-0.05, 0) is 11.1 Å². The minimum Gasteiger partial charge on any atom is -0.377 e. The van der Waals surface area contributed by atoms with Crippen molar-refractivity contribution < 1.29 is 18.9 Å². The Labute approximate surface area is 108 Å². The summed E-state index contributed by atoms with van der Waals surface area (Å²) in [6, 6.07) is 8.26. The van der Waals surface area contributed by atoms with Crippen molar-refractivity contribution in [3.63, 3.8) is 0 Å². The molecule has 2 bridgehead atoms. The highest BCUT2D eigenvalue weighted by Crippen LogP contribution is 2.08. The van der Waals surface area contributed by atoms with E-state index in [9.17, 15) is 0 Å². The molecule has 0 aromatic heterocycles. The smallest absolute Gasteiger partial charge is 0.0718 e. The van der Waals surface area contributed by atoms with Crippen LogP contribution >= 0.6 is 0 Å². The van der Waals surface area contributed by atoms with Crippen LogP contribution in [0.3, 0.4) is 0 Å². The number of fused-ring (bicyclic) bond motifs is 2. The first kappa shape index (κ1) is 13.5. The quantitative estimate of drug-likeness (QED) is 0.705. The van der Waals surface area contributed by atoms with Gasteiger partial charge in [0.1, 0.15) is 0 Å². The van der Waals surface area contributed by atoms with E-state index in [4.69, 9.17) is 18.9 Å². The maximum Gasteiger partial charge on any atom is 0.0718 e. The van der Waals surface area contributed by atoms with Crippen molar-refractivity contribution in [3.05, 3.63) is 35.4 Å². The fourth-order valence-electron chi connectivity index (χ4n) is 1.75. The zero-order valence-corrected chi connectivity index (χ0v) is 10.6. The third-order valence-corrected chi connectivity index (χ3v) is 2.64. The van der Waals surface area contributed by atoms with Crippen LogP contribution in [0.15, 0.2) is 24.3 Å². The second-order valence-corrected chi connectivity index (χ2v) is 4.15. The number of rotatable bonds is 0. The van der Waals surface area contributed by atoms with Crippen molar-refractivity contribution in [2.24, 2.45) is 0 Å². The maximum atomic E-state index is 5.54. The fraction of sp³-hybridized carbons (Fsp3) is 0.571. The Morgan fingerprint density at radius 1 is 0.611 bits per heavy atom. The molecule has 18 heavy (non-hydrogen) atoms. The first-order chi connectivity index (χ1) is 8.95. The summed E-state index contributed by atoms with van der Waals surface area (Å²) in [5, 5.41) is 0. The van der Waals surface area contributed by atoms with Gasteiger partial charge in [-0.15, -0.1) is 0 Å². The van der Waals surface area contributed by atoms with Crippen LogP contribution in [0.5, 0.6) is 0 Å². The molecule has 4 nitrogen and oxygen atoms in total. The zero-order chi connectivity index (χ0) is 12.5. The van der Waals surface area contributed by atoms with Gasteiger partial charge in [0.15, 0.2) is 0 Å². The highest BCUT2D eigenvalue weighted by atomic mass is 16.6. The molecule has 0 radical (unpaired) electrons. The van der Waals surface area contributed by atoms with Gasteiger partial charge in [0.2, 0.25) is 0 Å². The summed E-state index contributed by atoms with van der Waals surface area (Å²) in [4.78, 5) is 0.